The molecule has 0 aromatic heterocycles. The molecule has 0 aliphatic carbocycles. The Morgan fingerprint density at radius 1 is 1.29 bits per heavy atom. The van der Waals surface area contributed by atoms with Gasteiger partial charge in [0, 0.05) is 24.7 Å². The first-order valence-electron chi connectivity index (χ1n) is 7.52. The SMILES string of the molecule is CCC1(CC)CNC(C)CN1CCCC(C)C. The first-order chi connectivity index (χ1) is 8.04. The Morgan fingerprint density at radius 3 is 2.47 bits per heavy atom. The standard InChI is InChI=1S/C15H32N2/c1-6-15(7-2)12-16-14(5)11-17(15)10-8-9-13(3)4/h13-14,16H,6-12H2,1-5H3. The van der Waals surface area contributed by atoms with E-state index in [-0.39, 0.29) is 0 Å². The van der Waals surface area contributed by atoms with Gasteiger partial charge < -0.3 is 5.32 Å². The van der Waals surface area contributed by atoms with Crippen LogP contribution < -0.4 is 5.32 Å². The van der Waals surface area contributed by atoms with Gasteiger partial charge in [0.05, 0.1) is 0 Å². The normalized spacial score (nSPS) is 25.4. The molecule has 1 rings (SSSR count). The first-order valence-corrected chi connectivity index (χ1v) is 7.52. The van der Waals surface area contributed by atoms with Gasteiger partial charge in [0.15, 0.2) is 0 Å². The molecule has 1 atom stereocenters. The monoisotopic (exact) mass is 240 g/mol. The molecule has 0 amide bonds. The highest BCUT2D eigenvalue weighted by atomic mass is 15.3. The van der Waals surface area contributed by atoms with Gasteiger partial charge in [0.25, 0.3) is 0 Å². The van der Waals surface area contributed by atoms with Crippen molar-refractivity contribution in [2.45, 2.75) is 71.9 Å². The molecular formula is C15H32N2. The van der Waals surface area contributed by atoms with Gasteiger partial charge in [0.1, 0.15) is 0 Å². The molecule has 0 aromatic carbocycles. The predicted octanol–water partition coefficient (Wildman–Crippen LogP) is 3.28. The smallest absolute Gasteiger partial charge is 0.0329 e. The van der Waals surface area contributed by atoms with E-state index in [9.17, 15) is 0 Å². The van der Waals surface area contributed by atoms with Crippen LogP contribution in [-0.4, -0.2) is 36.1 Å². The molecule has 17 heavy (non-hydrogen) atoms. The number of hydrogen-bond acceptors (Lipinski definition) is 2. The Bertz CT molecular complexity index is 209. The lowest BCUT2D eigenvalue weighted by Gasteiger charge is -2.49. The molecule has 2 heteroatoms. The van der Waals surface area contributed by atoms with Gasteiger partial charge in [-0.25, -0.2) is 0 Å². The minimum absolute atomic E-state index is 0.420. The molecule has 1 fully saturated rings. The van der Waals surface area contributed by atoms with E-state index in [0.717, 1.165) is 5.92 Å². The highest BCUT2D eigenvalue weighted by molar-refractivity contribution is 4.96. The molecule has 1 heterocycles. The number of nitrogens with one attached hydrogen (secondary N) is 1. The summed E-state index contributed by atoms with van der Waals surface area (Å²) in [5.41, 5.74) is 0.420. The van der Waals surface area contributed by atoms with Crippen molar-refractivity contribution in [3.63, 3.8) is 0 Å². The van der Waals surface area contributed by atoms with Crippen LogP contribution in [0, 0.1) is 5.92 Å². The Labute approximate surface area is 108 Å². The topological polar surface area (TPSA) is 15.3 Å². The van der Waals surface area contributed by atoms with Gasteiger partial charge in [-0.3, -0.25) is 4.90 Å². The van der Waals surface area contributed by atoms with Crippen LogP contribution in [0.5, 0.6) is 0 Å². The fraction of sp³-hybridized carbons (Fsp3) is 1.00. The van der Waals surface area contributed by atoms with E-state index in [2.05, 4.69) is 44.8 Å². The Morgan fingerprint density at radius 2 is 1.94 bits per heavy atom. The highest BCUT2D eigenvalue weighted by Crippen LogP contribution is 2.27. The third-order valence-electron chi connectivity index (χ3n) is 4.47. The van der Waals surface area contributed by atoms with Crippen molar-refractivity contribution in [1.82, 2.24) is 10.2 Å². The highest BCUT2D eigenvalue weighted by Gasteiger charge is 2.37. The fourth-order valence-electron chi connectivity index (χ4n) is 3.03. The Balaban J connectivity index is 2.55. The molecule has 0 bridgehead atoms. The maximum atomic E-state index is 3.66. The molecule has 1 unspecified atom stereocenters. The van der Waals surface area contributed by atoms with E-state index in [1.807, 2.05) is 0 Å². The van der Waals surface area contributed by atoms with Gasteiger partial charge >= 0.3 is 0 Å². The van der Waals surface area contributed by atoms with E-state index < -0.39 is 0 Å². The van der Waals surface area contributed by atoms with E-state index in [1.54, 1.807) is 0 Å². The lowest BCUT2D eigenvalue weighted by atomic mass is 9.87. The van der Waals surface area contributed by atoms with Crippen LogP contribution in [0.25, 0.3) is 0 Å². The quantitative estimate of drug-likeness (QED) is 0.766. The molecule has 0 radical (unpaired) electrons. The summed E-state index contributed by atoms with van der Waals surface area (Å²) in [6.07, 6.45) is 5.25. The summed E-state index contributed by atoms with van der Waals surface area (Å²) in [5.74, 6) is 0.841. The second-order valence-electron chi connectivity index (χ2n) is 6.20. The molecule has 0 spiro atoms. The summed E-state index contributed by atoms with van der Waals surface area (Å²) in [6, 6.07) is 0.653. The summed E-state index contributed by atoms with van der Waals surface area (Å²) in [5, 5.41) is 3.66. The van der Waals surface area contributed by atoms with Crippen LogP contribution in [0.15, 0.2) is 0 Å². The summed E-state index contributed by atoms with van der Waals surface area (Å²) < 4.78 is 0. The van der Waals surface area contributed by atoms with E-state index in [4.69, 9.17) is 0 Å². The number of piperazine rings is 1. The van der Waals surface area contributed by atoms with Crippen LogP contribution in [-0.2, 0) is 0 Å². The zero-order chi connectivity index (χ0) is 12.9. The summed E-state index contributed by atoms with van der Waals surface area (Å²) in [6.45, 7) is 15.3. The van der Waals surface area contributed by atoms with Crippen LogP contribution in [0.2, 0.25) is 0 Å². The minimum Gasteiger partial charge on any atom is -0.311 e. The molecule has 0 saturated carbocycles. The van der Waals surface area contributed by atoms with Crippen molar-refractivity contribution >= 4 is 0 Å². The Kier molecular flexibility index (Phi) is 5.94. The van der Waals surface area contributed by atoms with E-state index >= 15 is 0 Å². The zero-order valence-electron chi connectivity index (χ0n) is 12.6. The largest absolute Gasteiger partial charge is 0.311 e. The van der Waals surface area contributed by atoms with Crippen molar-refractivity contribution in [3.8, 4) is 0 Å². The maximum Gasteiger partial charge on any atom is 0.0329 e. The average molecular weight is 240 g/mol. The molecule has 1 N–H and O–H groups in total. The summed E-state index contributed by atoms with van der Waals surface area (Å²) >= 11 is 0. The average Bonchev–Trinajstić information content (AvgIpc) is 2.30. The molecular weight excluding hydrogens is 208 g/mol. The number of nitrogens with zero attached hydrogens (tertiary/aromatic N) is 1. The molecule has 102 valence electrons. The van der Waals surface area contributed by atoms with E-state index in [1.165, 1.54) is 45.3 Å². The van der Waals surface area contributed by atoms with Gasteiger partial charge in [-0.15, -0.1) is 0 Å². The molecule has 1 saturated heterocycles. The third-order valence-corrected chi connectivity index (χ3v) is 4.47. The summed E-state index contributed by atoms with van der Waals surface area (Å²) in [4.78, 5) is 2.76. The first kappa shape index (κ1) is 15.0. The Hall–Kier alpha value is -0.0800. The fourth-order valence-corrected chi connectivity index (χ4v) is 3.03. The number of rotatable bonds is 6. The summed E-state index contributed by atoms with van der Waals surface area (Å²) in [7, 11) is 0. The molecule has 1 aliphatic heterocycles. The zero-order valence-corrected chi connectivity index (χ0v) is 12.6. The predicted molar refractivity (Wildman–Crippen MR) is 76.4 cm³/mol. The minimum atomic E-state index is 0.420. The van der Waals surface area contributed by atoms with E-state index in [0.29, 0.717) is 11.6 Å². The van der Waals surface area contributed by atoms with Gasteiger partial charge in [-0.2, -0.15) is 0 Å². The molecule has 2 nitrogen and oxygen atoms in total. The lowest BCUT2D eigenvalue weighted by molar-refractivity contribution is 0.0329. The van der Waals surface area contributed by atoms with Crippen LogP contribution in [0.4, 0.5) is 0 Å². The van der Waals surface area contributed by atoms with Crippen molar-refractivity contribution in [2.24, 2.45) is 5.92 Å². The van der Waals surface area contributed by atoms with Crippen LogP contribution in [0.3, 0.4) is 0 Å². The van der Waals surface area contributed by atoms with Crippen molar-refractivity contribution < 1.29 is 0 Å². The molecule has 1 aliphatic rings. The van der Waals surface area contributed by atoms with Crippen LogP contribution >= 0.6 is 0 Å². The van der Waals surface area contributed by atoms with Crippen molar-refractivity contribution in [1.29, 1.82) is 0 Å². The second kappa shape index (κ2) is 6.75. The maximum absolute atomic E-state index is 3.66. The van der Waals surface area contributed by atoms with Crippen molar-refractivity contribution in [2.75, 3.05) is 19.6 Å². The second-order valence-corrected chi connectivity index (χ2v) is 6.20. The number of hydrogen-bond donors (Lipinski definition) is 1. The lowest BCUT2D eigenvalue weighted by Crippen LogP contribution is -2.63. The third kappa shape index (κ3) is 3.96. The van der Waals surface area contributed by atoms with Crippen LogP contribution in [0.1, 0.15) is 60.3 Å². The van der Waals surface area contributed by atoms with Gasteiger partial charge in [-0.05, 0) is 45.1 Å². The van der Waals surface area contributed by atoms with Gasteiger partial charge in [0.2, 0.25) is 0 Å². The van der Waals surface area contributed by atoms with Gasteiger partial charge in [-0.1, -0.05) is 27.7 Å². The molecule has 0 aromatic rings. The van der Waals surface area contributed by atoms with Crippen molar-refractivity contribution in [3.05, 3.63) is 0 Å².